The van der Waals surface area contributed by atoms with E-state index in [0.717, 1.165) is 16.8 Å². The fourth-order valence-electron chi connectivity index (χ4n) is 4.15. The smallest absolute Gasteiger partial charge is 0.237 e. The first-order chi connectivity index (χ1) is 14.1. The molecule has 1 N–H and O–H groups in total. The maximum Gasteiger partial charge on any atom is 0.237 e. The van der Waals surface area contributed by atoms with Crippen LogP contribution in [-0.2, 0) is 21.4 Å². The molecule has 0 aliphatic carbocycles. The molecular formula is C24H23N3O2. The molecule has 0 spiro atoms. The Bertz CT molecular complexity index is 1020. The molecule has 0 unspecified atom stereocenters. The number of anilines is 2. The molecule has 29 heavy (non-hydrogen) atoms. The van der Waals surface area contributed by atoms with Gasteiger partial charge in [-0.05, 0) is 42.2 Å². The van der Waals surface area contributed by atoms with Crippen LogP contribution >= 0.6 is 0 Å². The second-order valence-electron chi connectivity index (χ2n) is 7.42. The molecular weight excluding hydrogens is 362 g/mol. The van der Waals surface area contributed by atoms with Crippen LogP contribution in [0.15, 0.2) is 79.1 Å². The molecule has 5 nitrogen and oxygen atoms in total. The minimum atomic E-state index is -0.751. The number of carbonyl (C=O) groups excluding carboxylic acids is 2. The summed E-state index contributed by atoms with van der Waals surface area (Å²) in [6.45, 7) is 0. The number of nitrogens with one attached hydrogen (secondary N) is 1. The predicted octanol–water partition coefficient (Wildman–Crippen LogP) is 3.96. The maximum absolute atomic E-state index is 13.4. The SMILES string of the molecule is CN1C(=O)[C@@](CCC(=O)Nc2cccnc2)(Cc2ccccc2)c2ccccc21. The van der Waals surface area contributed by atoms with Gasteiger partial charge in [-0.25, -0.2) is 0 Å². The molecule has 3 aromatic rings. The Labute approximate surface area is 170 Å². The lowest BCUT2D eigenvalue weighted by molar-refractivity contribution is -0.123. The molecule has 1 aliphatic rings. The van der Waals surface area contributed by atoms with Gasteiger partial charge < -0.3 is 10.2 Å². The normalized spacial score (nSPS) is 17.8. The lowest BCUT2D eigenvalue weighted by Gasteiger charge is -2.28. The third-order valence-corrected chi connectivity index (χ3v) is 5.57. The van der Waals surface area contributed by atoms with Crippen LogP contribution in [-0.4, -0.2) is 23.8 Å². The van der Waals surface area contributed by atoms with Crippen LogP contribution in [0.4, 0.5) is 11.4 Å². The summed E-state index contributed by atoms with van der Waals surface area (Å²) in [4.78, 5) is 31.8. The van der Waals surface area contributed by atoms with Gasteiger partial charge in [0.05, 0.1) is 17.3 Å². The molecule has 1 atom stereocenters. The van der Waals surface area contributed by atoms with Gasteiger partial charge in [0.2, 0.25) is 11.8 Å². The van der Waals surface area contributed by atoms with Crippen LogP contribution < -0.4 is 10.2 Å². The van der Waals surface area contributed by atoms with E-state index in [1.807, 2.05) is 61.6 Å². The van der Waals surface area contributed by atoms with Crippen LogP contribution in [0.2, 0.25) is 0 Å². The summed E-state index contributed by atoms with van der Waals surface area (Å²) in [6.07, 6.45) is 4.52. The Kier molecular flexibility index (Phi) is 5.12. The van der Waals surface area contributed by atoms with Crippen LogP contribution in [0.3, 0.4) is 0 Å². The van der Waals surface area contributed by atoms with Crippen molar-refractivity contribution in [3.05, 3.63) is 90.3 Å². The van der Waals surface area contributed by atoms with Crippen molar-refractivity contribution in [2.75, 3.05) is 17.3 Å². The number of nitrogens with zero attached hydrogens (tertiary/aromatic N) is 2. The van der Waals surface area contributed by atoms with Crippen LogP contribution in [0.25, 0.3) is 0 Å². The number of pyridine rings is 1. The second kappa shape index (κ2) is 7.87. The third kappa shape index (κ3) is 3.63. The van der Waals surface area contributed by atoms with Gasteiger partial charge in [0, 0.05) is 25.4 Å². The summed E-state index contributed by atoms with van der Waals surface area (Å²) in [5.74, 6) is -0.0815. The average molecular weight is 385 g/mol. The fourth-order valence-corrected chi connectivity index (χ4v) is 4.15. The van der Waals surface area contributed by atoms with Crippen LogP contribution in [0.5, 0.6) is 0 Å². The van der Waals surface area contributed by atoms with Gasteiger partial charge in [0.25, 0.3) is 0 Å². The minimum Gasteiger partial charge on any atom is -0.325 e. The molecule has 1 aromatic heterocycles. The Morgan fingerprint density at radius 3 is 2.55 bits per heavy atom. The van der Waals surface area contributed by atoms with E-state index in [0.29, 0.717) is 18.5 Å². The molecule has 0 bridgehead atoms. The van der Waals surface area contributed by atoms with Gasteiger partial charge >= 0.3 is 0 Å². The quantitative estimate of drug-likeness (QED) is 0.699. The molecule has 5 heteroatoms. The van der Waals surface area contributed by atoms with Crippen molar-refractivity contribution >= 4 is 23.2 Å². The Morgan fingerprint density at radius 1 is 1.03 bits per heavy atom. The summed E-state index contributed by atoms with van der Waals surface area (Å²) in [5.41, 5.74) is 2.90. The highest BCUT2D eigenvalue weighted by atomic mass is 16.2. The van der Waals surface area contributed by atoms with Crippen molar-refractivity contribution in [2.45, 2.75) is 24.7 Å². The summed E-state index contributed by atoms with van der Waals surface area (Å²) in [6, 6.07) is 21.4. The van der Waals surface area contributed by atoms with Crippen molar-refractivity contribution in [3.8, 4) is 0 Å². The summed E-state index contributed by atoms with van der Waals surface area (Å²) in [7, 11) is 1.81. The molecule has 146 valence electrons. The molecule has 2 heterocycles. The Hall–Kier alpha value is -3.47. The van der Waals surface area contributed by atoms with Gasteiger partial charge in [-0.3, -0.25) is 14.6 Å². The summed E-state index contributed by atoms with van der Waals surface area (Å²) >= 11 is 0. The zero-order chi connectivity index (χ0) is 20.3. The molecule has 0 saturated heterocycles. The van der Waals surface area contributed by atoms with E-state index >= 15 is 0 Å². The van der Waals surface area contributed by atoms with E-state index in [1.165, 1.54) is 0 Å². The molecule has 4 rings (SSSR count). The number of benzene rings is 2. The lowest BCUT2D eigenvalue weighted by atomic mass is 9.73. The molecule has 0 saturated carbocycles. The van der Waals surface area contributed by atoms with Crippen molar-refractivity contribution in [2.24, 2.45) is 0 Å². The molecule has 1 aliphatic heterocycles. The Balaban J connectivity index is 1.63. The summed E-state index contributed by atoms with van der Waals surface area (Å²) in [5, 5.41) is 2.87. The second-order valence-corrected chi connectivity index (χ2v) is 7.42. The molecule has 2 aromatic carbocycles. The van der Waals surface area contributed by atoms with Gasteiger partial charge in [-0.2, -0.15) is 0 Å². The van der Waals surface area contributed by atoms with Gasteiger partial charge in [-0.15, -0.1) is 0 Å². The molecule has 2 amide bonds. The first-order valence-corrected chi connectivity index (χ1v) is 9.72. The van der Waals surface area contributed by atoms with E-state index in [2.05, 4.69) is 10.3 Å². The number of rotatable bonds is 6. The minimum absolute atomic E-state index is 0.0386. The Morgan fingerprint density at radius 2 is 1.79 bits per heavy atom. The number of amides is 2. The number of aromatic nitrogens is 1. The summed E-state index contributed by atoms with van der Waals surface area (Å²) < 4.78 is 0. The zero-order valence-corrected chi connectivity index (χ0v) is 16.3. The van der Waals surface area contributed by atoms with Gasteiger partial charge in [0.1, 0.15) is 0 Å². The number of para-hydroxylation sites is 1. The molecule has 0 radical (unpaired) electrons. The number of fused-ring (bicyclic) bond motifs is 1. The highest BCUT2D eigenvalue weighted by Crippen LogP contribution is 2.46. The highest BCUT2D eigenvalue weighted by Gasteiger charge is 2.49. The van der Waals surface area contributed by atoms with E-state index < -0.39 is 5.41 Å². The maximum atomic E-state index is 13.4. The first kappa shape index (κ1) is 18.9. The fraction of sp³-hybridized carbons (Fsp3) is 0.208. The number of carbonyl (C=O) groups is 2. The van der Waals surface area contributed by atoms with Gasteiger partial charge in [0.15, 0.2) is 0 Å². The van der Waals surface area contributed by atoms with E-state index in [4.69, 9.17) is 0 Å². The van der Waals surface area contributed by atoms with Crippen molar-refractivity contribution in [3.63, 3.8) is 0 Å². The first-order valence-electron chi connectivity index (χ1n) is 9.72. The number of hydrogen-bond acceptors (Lipinski definition) is 3. The largest absolute Gasteiger partial charge is 0.325 e. The van der Waals surface area contributed by atoms with E-state index in [9.17, 15) is 9.59 Å². The number of likely N-dealkylation sites (N-methyl/N-ethyl adjacent to an activating group) is 1. The zero-order valence-electron chi connectivity index (χ0n) is 16.3. The van der Waals surface area contributed by atoms with E-state index in [-0.39, 0.29) is 18.2 Å². The third-order valence-electron chi connectivity index (χ3n) is 5.57. The highest BCUT2D eigenvalue weighted by molar-refractivity contribution is 6.08. The van der Waals surface area contributed by atoms with E-state index in [1.54, 1.807) is 29.4 Å². The standard InChI is InChI=1S/C24H23N3O2/c1-27-21-12-6-5-11-20(21)24(23(27)29,16-18-8-3-2-4-9-18)14-13-22(28)26-19-10-7-15-25-17-19/h2-12,15,17H,13-14,16H2,1H3,(H,26,28)/t24-/m0/s1. The van der Waals surface area contributed by atoms with Crippen LogP contribution in [0, 0.1) is 0 Å². The van der Waals surface area contributed by atoms with Crippen LogP contribution in [0.1, 0.15) is 24.0 Å². The topological polar surface area (TPSA) is 62.3 Å². The van der Waals surface area contributed by atoms with Crippen molar-refractivity contribution < 1.29 is 9.59 Å². The monoisotopic (exact) mass is 385 g/mol. The average Bonchev–Trinajstić information content (AvgIpc) is 2.96. The van der Waals surface area contributed by atoms with Gasteiger partial charge in [-0.1, -0.05) is 48.5 Å². The number of hydrogen-bond donors (Lipinski definition) is 1. The van der Waals surface area contributed by atoms with Crippen molar-refractivity contribution in [1.29, 1.82) is 0 Å². The van der Waals surface area contributed by atoms with Crippen molar-refractivity contribution in [1.82, 2.24) is 4.98 Å². The predicted molar refractivity (Wildman–Crippen MR) is 114 cm³/mol. The lowest BCUT2D eigenvalue weighted by Crippen LogP contribution is -2.41. The molecule has 0 fully saturated rings.